The summed E-state index contributed by atoms with van der Waals surface area (Å²) in [7, 11) is 4.34. The maximum Gasteiger partial charge on any atom is 0.0644 e. The molecule has 0 aromatic carbocycles. The van der Waals surface area contributed by atoms with Crippen molar-refractivity contribution in [1.29, 1.82) is 0 Å². The molecule has 3 heterocycles. The van der Waals surface area contributed by atoms with Gasteiger partial charge in [0.1, 0.15) is 0 Å². The highest BCUT2D eigenvalue weighted by atomic mass is 15.3. The fourth-order valence-corrected chi connectivity index (χ4v) is 4.27. The first-order chi connectivity index (χ1) is 9.47. The SMILES string of the molecule is Cc1nn(C)c(C)c1C(C)N(C)C1CC2CCC(C1)N2. The lowest BCUT2D eigenvalue weighted by atomic mass is 9.95. The topological polar surface area (TPSA) is 33.1 Å². The number of hydrogen-bond acceptors (Lipinski definition) is 3. The third kappa shape index (κ3) is 2.29. The average molecular weight is 276 g/mol. The summed E-state index contributed by atoms with van der Waals surface area (Å²) in [6, 6.07) is 2.67. The Hall–Kier alpha value is -0.870. The zero-order valence-corrected chi connectivity index (χ0v) is 13.5. The molecule has 0 spiro atoms. The van der Waals surface area contributed by atoms with Crippen LogP contribution >= 0.6 is 0 Å². The van der Waals surface area contributed by atoms with Crippen LogP contribution in [0.15, 0.2) is 0 Å². The summed E-state index contributed by atoms with van der Waals surface area (Å²) in [5.74, 6) is 0. The van der Waals surface area contributed by atoms with E-state index in [0.717, 1.165) is 12.1 Å². The summed E-state index contributed by atoms with van der Waals surface area (Å²) < 4.78 is 2.02. The van der Waals surface area contributed by atoms with E-state index in [0.29, 0.717) is 12.1 Å². The molecule has 3 unspecified atom stereocenters. The van der Waals surface area contributed by atoms with Gasteiger partial charge in [-0.15, -0.1) is 0 Å². The highest BCUT2D eigenvalue weighted by molar-refractivity contribution is 5.27. The number of nitrogens with one attached hydrogen (secondary N) is 1. The normalized spacial score (nSPS) is 31.0. The van der Waals surface area contributed by atoms with Crippen molar-refractivity contribution in [1.82, 2.24) is 20.0 Å². The molecule has 2 saturated heterocycles. The van der Waals surface area contributed by atoms with Crippen molar-refractivity contribution in [3.63, 3.8) is 0 Å². The standard InChI is InChI=1S/C16H28N4/c1-10-16(12(3)20(5)18-10)11(2)19(4)15-8-13-6-7-14(9-15)17-13/h11,13-15,17H,6-9H2,1-5H3. The molecule has 1 aromatic rings. The summed E-state index contributed by atoms with van der Waals surface area (Å²) in [5.41, 5.74) is 3.90. The molecule has 3 atom stereocenters. The van der Waals surface area contributed by atoms with Crippen LogP contribution in [0.4, 0.5) is 0 Å². The Morgan fingerprint density at radius 3 is 2.35 bits per heavy atom. The van der Waals surface area contributed by atoms with E-state index in [9.17, 15) is 0 Å². The maximum absolute atomic E-state index is 4.58. The lowest BCUT2D eigenvalue weighted by molar-refractivity contribution is 0.132. The second-order valence-corrected chi connectivity index (χ2v) is 6.81. The Morgan fingerprint density at radius 1 is 1.25 bits per heavy atom. The van der Waals surface area contributed by atoms with Crippen LogP contribution in [0, 0.1) is 13.8 Å². The molecule has 1 N–H and O–H groups in total. The number of aryl methyl sites for hydroxylation is 2. The van der Waals surface area contributed by atoms with Crippen LogP contribution in [-0.4, -0.2) is 39.9 Å². The van der Waals surface area contributed by atoms with Gasteiger partial charge >= 0.3 is 0 Å². The van der Waals surface area contributed by atoms with Gasteiger partial charge in [-0.3, -0.25) is 9.58 Å². The first-order valence-corrected chi connectivity index (χ1v) is 7.95. The molecule has 2 bridgehead atoms. The van der Waals surface area contributed by atoms with Crippen molar-refractivity contribution in [3.8, 4) is 0 Å². The minimum atomic E-state index is 0.450. The third-order valence-corrected chi connectivity index (χ3v) is 5.62. The monoisotopic (exact) mass is 276 g/mol. The molecule has 1 aromatic heterocycles. The number of hydrogen-bond donors (Lipinski definition) is 1. The van der Waals surface area contributed by atoms with Gasteiger partial charge < -0.3 is 5.32 Å². The molecular formula is C16H28N4. The molecule has 2 aliphatic heterocycles. The van der Waals surface area contributed by atoms with Crippen molar-refractivity contribution in [3.05, 3.63) is 17.0 Å². The molecule has 2 aliphatic rings. The van der Waals surface area contributed by atoms with Gasteiger partial charge in [0.15, 0.2) is 0 Å². The summed E-state index contributed by atoms with van der Waals surface area (Å²) in [6.07, 6.45) is 5.34. The van der Waals surface area contributed by atoms with E-state index in [-0.39, 0.29) is 0 Å². The highest BCUT2D eigenvalue weighted by Crippen LogP contribution is 2.34. The molecule has 0 saturated carbocycles. The van der Waals surface area contributed by atoms with Crippen LogP contribution < -0.4 is 5.32 Å². The third-order valence-electron chi connectivity index (χ3n) is 5.62. The molecule has 4 nitrogen and oxygen atoms in total. The Labute approximate surface area is 122 Å². The zero-order chi connectivity index (χ0) is 14.4. The van der Waals surface area contributed by atoms with Crippen molar-refractivity contribution in [2.24, 2.45) is 7.05 Å². The number of fused-ring (bicyclic) bond motifs is 2. The Balaban J connectivity index is 1.78. The summed E-state index contributed by atoms with van der Waals surface area (Å²) in [6.45, 7) is 6.66. The maximum atomic E-state index is 4.58. The molecule has 0 aliphatic carbocycles. The summed E-state index contributed by atoms with van der Waals surface area (Å²) in [5, 5.41) is 8.32. The first kappa shape index (κ1) is 14.1. The van der Waals surface area contributed by atoms with Gasteiger partial charge in [-0.25, -0.2) is 0 Å². The van der Waals surface area contributed by atoms with Crippen molar-refractivity contribution in [2.75, 3.05) is 7.05 Å². The second kappa shape index (κ2) is 5.15. The minimum Gasteiger partial charge on any atom is -0.311 e. The van der Waals surface area contributed by atoms with Gasteiger partial charge in [-0.1, -0.05) is 0 Å². The molecule has 0 radical (unpaired) electrons. The molecular weight excluding hydrogens is 248 g/mol. The smallest absolute Gasteiger partial charge is 0.0644 e. The zero-order valence-electron chi connectivity index (χ0n) is 13.5. The van der Waals surface area contributed by atoms with E-state index < -0.39 is 0 Å². The van der Waals surface area contributed by atoms with E-state index in [1.807, 2.05) is 11.7 Å². The number of piperidine rings is 1. The van der Waals surface area contributed by atoms with Crippen molar-refractivity contribution < 1.29 is 0 Å². The van der Waals surface area contributed by atoms with Gasteiger partial charge in [-0.05, 0) is 53.5 Å². The molecule has 4 heteroatoms. The fourth-order valence-electron chi connectivity index (χ4n) is 4.27. The van der Waals surface area contributed by atoms with Gasteiger partial charge in [0.2, 0.25) is 0 Å². The lowest BCUT2D eigenvalue weighted by Crippen LogP contribution is -2.47. The largest absolute Gasteiger partial charge is 0.311 e. The molecule has 2 fully saturated rings. The van der Waals surface area contributed by atoms with Crippen LogP contribution in [0.2, 0.25) is 0 Å². The number of aromatic nitrogens is 2. The first-order valence-electron chi connectivity index (χ1n) is 7.95. The quantitative estimate of drug-likeness (QED) is 0.919. The average Bonchev–Trinajstić information content (AvgIpc) is 2.88. The van der Waals surface area contributed by atoms with Gasteiger partial charge in [-0.2, -0.15) is 5.10 Å². The van der Waals surface area contributed by atoms with Crippen LogP contribution in [0.3, 0.4) is 0 Å². The minimum absolute atomic E-state index is 0.450. The molecule has 112 valence electrons. The van der Waals surface area contributed by atoms with E-state index in [2.05, 4.69) is 43.1 Å². The van der Waals surface area contributed by atoms with Crippen LogP contribution in [0.5, 0.6) is 0 Å². The highest BCUT2D eigenvalue weighted by Gasteiger charge is 2.36. The molecule has 3 rings (SSSR count). The number of nitrogens with zero attached hydrogens (tertiary/aromatic N) is 3. The van der Waals surface area contributed by atoms with E-state index in [1.165, 1.54) is 42.6 Å². The van der Waals surface area contributed by atoms with E-state index in [1.54, 1.807) is 0 Å². The van der Waals surface area contributed by atoms with E-state index >= 15 is 0 Å². The fraction of sp³-hybridized carbons (Fsp3) is 0.812. The van der Waals surface area contributed by atoms with Crippen LogP contribution in [0.25, 0.3) is 0 Å². The Bertz CT molecular complexity index is 481. The van der Waals surface area contributed by atoms with E-state index in [4.69, 9.17) is 0 Å². The lowest BCUT2D eigenvalue weighted by Gasteiger charge is -2.39. The van der Waals surface area contributed by atoms with Crippen LogP contribution in [-0.2, 0) is 7.05 Å². The summed E-state index contributed by atoms with van der Waals surface area (Å²) in [4.78, 5) is 2.59. The predicted molar refractivity (Wildman–Crippen MR) is 81.8 cm³/mol. The molecule has 20 heavy (non-hydrogen) atoms. The number of rotatable bonds is 3. The second-order valence-electron chi connectivity index (χ2n) is 6.81. The van der Waals surface area contributed by atoms with Gasteiger partial charge in [0.25, 0.3) is 0 Å². The van der Waals surface area contributed by atoms with Crippen molar-refractivity contribution >= 4 is 0 Å². The summed E-state index contributed by atoms with van der Waals surface area (Å²) >= 11 is 0. The van der Waals surface area contributed by atoms with Gasteiger partial charge in [0, 0.05) is 42.5 Å². The van der Waals surface area contributed by atoms with Crippen LogP contribution in [0.1, 0.15) is 55.6 Å². The Morgan fingerprint density at radius 2 is 1.85 bits per heavy atom. The van der Waals surface area contributed by atoms with Gasteiger partial charge in [0.05, 0.1) is 5.69 Å². The van der Waals surface area contributed by atoms with Crippen molar-refractivity contribution in [2.45, 2.75) is 70.6 Å². The Kier molecular flexibility index (Phi) is 3.63. The molecule has 0 amide bonds. The predicted octanol–water partition coefficient (Wildman–Crippen LogP) is 2.31.